The van der Waals surface area contributed by atoms with Gasteiger partial charge in [0.2, 0.25) is 0 Å². The van der Waals surface area contributed by atoms with Crippen molar-refractivity contribution < 1.29 is 0 Å². The monoisotopic (exact) mass is 318 g/mol. The lowest BCUT2D eigenvalue weighted by Crippen LogP contribution is -2.18. The first kappa shape index (κ1) is 17.6. The van der Waals surface area contributed by atoms with E-state index < -0.39 is 0 Å². The molecule has 0 unspecified atom stereocenters. The lowest BCUT2D eigenvalue weighted by atomic mass is 10.2. The fourth-order valence-electron chi connectivity index (χ4n) is 2.42. The van der Waals surface area contributed by atoms with Crippen LogP contribution in [0.1, 0.15) is 102 Å². The van der Waals surface area contributed by atoms with Crippen molar-refractivity contribution in [3.8, 4) is 0 Å². The van der Waals surface area contributed by atoms with Gasteiger partial charge in [-0.25, -0.2) is 19.3 Å². The molecule has 6 heteroatoms. The van der Waals surface area contributed by atoms with E-state index in [1.54, 1.807) is 0 Å². The molecule has 0 aliphatic carbocycles. The number of rotatable bonds is 6. The largest absolute Gasteiger partial charge is 0.228 e. The molecule has 2 aromatic heterocycles. The minimum absolute atomic E-state index is 0.320. The molecular weight excluding hydrogens is 288 g/mol. The molecule has 0 spiro atoms. The highest BCUT2D eigenvalue weighted by Crippen LogP contribution is 2.20. The van der Waals surface area contributed by atoms with E-state index in [9.17, 15) is 0 Å². The molecule has 0 radical (unpaired) electrons. The van der Waals surface area contributed by atoms with Crippen LogP contribution >= 0.6 is 0 Å². The topological polar surface area (TPSA) is 61.4 Å². The highest BCUT2D eigenvalue weighted by molar-refractivity contribution is 5.04. The predicted molar refractivity (Wildman–Crippen MR) is 91.8 cm³/mol. The second-order valence-electron chi connectivity index (χ2n) is 7.42. The quantitative estimate of drug-likeness (QED) is 0.811. The van der Waals surface area contributed by atoms with Crippen LogP contribution in [0.4, 0.5) is 0 Å². The SMILES string of the molecule is CC(C)c1nc(C(C)C)n(Cn2nc(C(C)C)nc2C(C)C)n1. The second-order valence-corrected chi connectivity index (χ2v) is 7.42. The molecule has 0 saturated carbocycles. The van der Waals surface area contributed by atoms with Gasteiger partial charge in [0, 0.05) is 23.7 Å². The van der Waals surface area contributed by atoms with Crippen LogP contribution in [-0.2, 0) is 6.67 Å². The van der Waals surface area contributed by atoms with Gasteiger partial charge in [-0.3, -0.25) is 0 Å². The van der Waals surface area contributed by atoms with Gasteiger partial charge in [-0.05, 0) is 0 Å². The molecule has 0 amide bonds. The summed E-state index contributed by atoms with van der Waals surface area (Å²) in [6.45, 7) is 17.6. The van der Waals surface area contributed by atoms with Crippen molar-refractivity contribution in [3.05, 3.63) is 23.3 Å². The Kier molecular flexibility index (Phi) is 5.22. The molecule has 6 nitrogen and oxygen atoms in total. The van der Waals surface area contributed by atoms with Gasteiger partial charge < -0.3 is 0 Å². The van der Waals surface area contributed by atoms with Crippen molar-refractivity contribution >= 4 is 0 Å². The van der Waals surface area contributed by atoms with Crippen molar-refractivity contribution in [2.45, 2.75) is 85.7 Å². The van der Waals surface area contributed by atoms with Crippen LogP contribution in [0.5, 0.6) is 0 Å². The molecule has 0 aliphatic heterocycles. The molecule has 0 aliphatic rings. The third kappa shape index (κ3) is 3.79. The van der Waals surface area contributed by atoms with Crippen LogP contribution in [0, 0.1) is 0 Å². The Bertz CT molecular complexity index is 592. The summed E-state index contributed by atoms with van der Waals surface area (Å²) in [6, 6.07) is 0. The zero-order chi connectivity index (χ0) is 17.3. The maximum atomic E-state index is 4.71. The van der Waals surface area contributed by atoms with Gasteiger partial charge in [0.05, 0.1) is 0 Å². The summed E-state index contributed by atoms with van der Waals surface area (Å²) >= 11 is 0. The van der Waals surface area contributed by atoms with Gasteiger partial charge in [0.1, 0.15) is 18.3 Å². The van der Waals surface area contributed by atoms with E-state index in [1.165, 1.54) is 0 Å². The summed E-state index contributed by atoms with van der Waals surface area (Å²) in [6.07, 6.45) is 0. The van der Waals surface area contributed by atoms with Gasteiger partial charge in [-0.1, -0.05) is 55.4 Å². The Morgan fingerprint density at radius 3 is 1.22 bits per heavy atom. The van der Waals surface area contributed by atoms with E-state index in [1.807, 2.05) is 9.36 Å². The molecule has 0 saturated heterocycles. The van der Waals surface area contributed by atoms with Gasteiger partial charge in [-0.2, -0.15) is 10.2 Å². The zero-order valence-electron chi connectivity index (χ0n) is 15.7. The van der Waals surface area contributed by atoms with Crippen LogP contribution in [-0.4, -0.2) is 29.5 Å². The first-order valence-corrected chi connectivity index (χ1v) is 8.59. The first-order valence-electron chi connectivity index (χ1n) is 8.59. The second kappa shape index (κ2) is 6.81. The smallest absolute Gasteiger partial charge is 0.153 e. The Morgan fingerprint density at radius 2 is 0.957 bits per heavy atom. The fraction of sp³-hybridized carbons (Fsp3) is 0.765. The fourth-order valence-corrected chi connectivity index (χ4v) is 2.42. The molecule has 23 heavy (non-hydrogen) atoms. The molecular formula is C17H30N6. The maximum absolute atomic E-state index is 4.71. The normalized spacial score (nSPS) is 12.3. The van der Waals surface area contributed by atoms with E-state index in [-0.39, 0.29) is 0 Å². The minimum atomic E-state index is 0.320. The van der Waals surface area contributed by atoms with Gasteiger partial charge in [0.25, 0.3) is 0 Å². The lowest BCUT2D eigenvalue weighted by molar-refractivity contribution is 0.447. The number of hydrogen-bond donors (Lipinski definition) is 0. The minimum Gasteiger partial charge on any atom is -0.228 e. The van der Waals surface area contributed by atoms with Gasteiger partial charge in [-0.15, -0.1) is 0 Å². The molecule has 2 heterocycles. The molecule has 0 bridgehead atoms. The molecule has 2 aromatic rings. The standard InChI is InChI=1S/C17H30N6/c1-10(2)14-18-16(12(5)6)22(20-14)9-23-17(13(7)8)19-15(21-23)11(3)4/h10-13H,9H2,1-8H3. The van der Waals surface area contributed by atoms with Crippen molar-refractivity contribution in [2.24, 2.45) is 0 Å². The number of nitrogens with zero attached hydrogens (tertiary/aromatic N) is 6. The Labute approximate surface area is 139 Å². The van der Waals surface area contributed by atoms with Crippen molar-refractivity contribution in [3.63, 3.8) is 0 Å². The summed E-state index contributed by atoms with van der Waals surface area (Å²) in [5, 5.41) is 9.40. The molecule has 0 atom stereocenters. The van der Waals surface area contributed by atoms with E-state index in [4.69, 9.17) is 20.2 Å². The average molecular weight is 318 g/mol. The Balaban J connectivity index is 2.42. The maximum Gasteiger partial charge on any atom is 0.153 e. The van der Waals surface area contributed by atoms with Crippen LogP contribution in [0.15, 0.2) is 0 Å². The van der Waals surface area contributed by atoms with Crippen LogP contribution in [0.2, 0.25) is 0 Å². The van der Waals surface area contributed by atoms with Crippen molar-refractivity contribution in [1.29, 1.82) is 0 Å². The van der Waals surface area contributed by atoms with E-state index >= 15 is 0 Å². The summed E-state index contributed by atoms with van der Waals surface area (Å²) in [4.78, 5) is 9.42. The Hall–Kier alpha value is -1.72. The van der Waals surface area contributed by atoms with Gasteiger partial charge in [0.15, 0.2) is 11.6 Å². The molecule has 2 rings (SSSR count). The summed E-state index contributed by atoms with van der Waals surface area (Å²) in [7, 11) is 0. The van der Waals surface area contributed by atoms with Gasteiger partial charge >= 0.3 is 0 Å². The summed E-state index contributed by atoms with van der Waals surface area (Å²) in [5.74, 6) is 5.08. The number of aromatic nitrogens is 6. The van der Waals surface area contributed by atoms with Crippen LogP contribution in [0.3, 0.4) is 0 Å². The van der Waals surface area contributed by atoms with Crippen LogP contribution < -0.4 is 0 Å². The van der Waals surface area contributed by atoms with E-state index in [0.717, 1.165) is 23.3 Å². The number of hydrogen-bond acceptors (Lipinski definition) is 4. The molecule has 128 valence electrons. The zero-order valence-corrected chi connectivity index (χ0v) is 15.7. The van der Waals surface area contributed by atoms with Crippen molar-refractivity contribution in [2.75, 3.05) is 0 Å². The average Bonchev–Trinajstić information content (AvgIpc) is 3.03. The van der Waals surface area contributed by atoms with E-state index in [0.29, 0.717) is 30.3 Å². The molecule has 0 aromatic carbocycles. The highest BCUT2D eigenvalue weighted by Gasteiger charge is 2.19. The third-order valence-electron chi connectivity index (χ3n) is 3.77. The predicted octanol–water partition coefficient (Wildman–Crippen LogP) is 3.87. The van der Waals surface area contributed by atoms with Crippen molar-refractivity contribution in [1.82, 2.24) is 29.5 Å². The van der Waals surface area contributed by atoms with E-state index in [2.05, 4.69) is 55.4 Å². The third-order valence-corrected chi connectivity index (χ3v) is 3.77. The first-order chi connectivity index (χ1) is 10.7. The summed E-state index contributed by atoms with van der Waals surface area (Å²) in [5.41, 5.74) is 0. The molecule has 0 N–H and O–H groups in total. The highest BCUT2D eigenvalue weighted by atomic mass is 15.5. The Morgan fingerprint density at radius 1 is 0.609 bits per heavy atom. The van der Waals surface area contributed by atoms with Crippen LogP contribution in [0.25, 0.3) is 0 Å². The lowest BCUT2D eigenvalue weighted by Gasteiger charge is -2.11. The molecule has 0 fully saturated rings. The summed E-state index contributed by atoms with van der Waals surface area (Å²) < 4.78 is 3.95.